The molecule has 0 bridgehead atoms. The molecule has 2 aromatic rings. The van der Waals surface area contributed by atoms with Gasteiger partial charge in [-0.1, -0.05) is 6.07 Å². The molecular formula is C14H9F2NO5. The minimum absolute atomic E-state index is 0.0107. The predicted octanol–water partition coefficient (Wildman–Crippen LogP) is 3.42. The van der Waals surface area contributed by atoms with Crippen molar-refractivity contribution in [3.63, 3.8) is 0 Å². The van der Waals surface area contributed by atoms with Crippen molar-refractivity contribution >= 4 is 11.7 Å². The zero-order valence-corrected chi connectivity index (χ0v) is 10.9. The molecule has 0 unspecified atom stereocenters. The molecule has 114 valence electrons. The summed E-state index contributed by atoms with van der Waals surface area (Å²) in [5.74, 6) is -0.877. The largest absolute Gasteiger partial charge is 0.435 e. The Bertz CT molecular complexity index is 688. The van der Waals surface area contributed by atoms with Crippen LogP contribution >= 0.6 is 0 Å². The highest BCUT2D eigenvalue weighted by Gasteiger charge is 2.12. The predicted molar refractivity (Wildman–Crippen MR) is 71.1 cm³/mol. The van der Waals surface area contributed by atoms with Crippen LogP contribution in [0.1, 0.15) is 10.4 Å². The number of benzene rings is 2. The van der Waals surface area contributed by atoms with E-state index in [1.807, 2.05) is 0 Å². The van der Waals surface area contributed by atoms with E-state index in [1.54, 1.807) is 0 Å². The van der Waals surface area contributed by atoms with E-state index in [4.69, 9.17) is 4.74 Å². The standard InChI is InChI=1S/C14H9F2NO5/c15-14(16)22-12-3-1-2-9(8-12)13(18)21-11-6-4-10(5-7-11)17(19)20/h1-8,14H. The van der Waals surface area contributed by atoms with Gasteiger partial charge in [-0.05, 0) is 30.3 Å². The lowest BCUT2D eigenvalue weighted by molar-refractivity contribution is -0.384. The summed E-state index contributed by atoms with van der Waals surface area (Å²) in [5.41, 5.74) is -0.136. The third-order valence-electron chi connectivity index (χ3n) is 2.55. The van der Waals surface area contributed by atoms with E-state index in [9.17, 15) is 23.7 Å². The fourth-order valence-corrected chi connectivity index (χ4v) is 1.60. The highest BCUT2D eigenvalue weighted by atomic mass is 19.3. The summed E-state index contributed by atoms with van der Waals surface area (Å²) >= 11 is 0. The smallest absolute Gasteiger partial charge is 0.387 e. The number of halogens is 2. The summed E-state index contributed by atoms with van der Waals surface area (Å²) in [5, 5.41) is 10.5. The van der Waals surface area contributed by atoms with Crippen LogP contribution in [0.3, 0.4) is 0 Å². The summed E-state index contributed by atoms with van der Waals surface area (Å²) in [6, 6.07) is 9.99. The van der Waals surface area contributed by atoms with Gasteiger partial charge in [0.2, 0.25) is 0 Å². The first kappa shape index (κ1) is 15.4. The van der Waals surface area contributed by atoms with E-state index in [0.29, 0.717) is 0 Å². The Morgan fingerprint density at radius 2 is 1.77 bits per heavy atom. The highest BCUT2D eigenvalue weighted by molar-refractivity contribution is 5.91. The molecule has 0 atom stereocenters. The zero-order chi connectivity index (χ0) is 16.1. The maximum absolute atomic E-state index is 12.1. The Kier molecular flexibility index (Phi) is 4.62. The van der Waals surface area contributed by atoms with Gasteiger partial charge in [0.25, 0.3) is 5.69 Å². The van der Waals surface area contributed by atoms with Gasteiger partial charge >= 0.3 is 12.6 Å². The fourth-order valence-electron chi connectivity index (χ4n) is 1.60. The van der Waals surface area contributed by atoms with Gasteiger partial charge in [-0.15, -0.1) is 0 Å². The van der Waals surface area contributed by atoms with E-state index in [-0.39, 0.29) is 22.7 Å². The third kappa shape index (κ3) is 3.98. The number of carbonyl (C=O) groups excluding carboxylic acids is 1. The Morgan fingerprint density at radius 3 is 2.36 bits per heavy atom. The average molecular weight is 309 g/mol. The second-order valence-electron chi connectivity index (χ2n) is 4.05. The normalized spacial score (nSPS) is 10.3. The number of nitro groups is 1. The molecule has 0 fully saturated rings. The molecule has 0 saturated heterocycles. The molecule has 0 amide bonds. The maximum Gasteiger partial charge on any atom is 0.387 e. The fraction of sp³-hybridized carbons (Fsp3) is 0.0714. The van der Waals surface area contributed by atoms with Gasteiger partial charge in [-0.3, -0.25) is 10.1 Å². The Morgan fingerprint density at radius 1 is 1.09 bits per heavy atom. The molecular weight excluding hydrogens is 300 g/mol. The number of esters is 1. The van der Waals surface area contributed by atoms with Crippen molar-refractivity contribution in [1.82, 2.24) is 0 Å². The van der Waals surface area contributed by atoms with E-state index in [1.165, 1.54) is 42.5 Å². The Hall–Kier alpha value is -3.03. The number of alkyl halides is 2. The number of rotatable bonds is 5. The molecule has 0 heterocycles. The first-order valence-electron chi connectivity index (χ1n) is 5.97. The van der Waals surface area contributed by atoms with Crippen LogP contribution < -0.4 is 9.47 Å². The number of nitrogens with zero attached hydrogens (tertiary/aromatic N) is 1. The SMILES string of the molecule is O=C(Oc1ccc([N+](=O)[O-])cc1)c1cccc(OC(F)F)c1. The van der Waals surface area contributed by atoms with Crippen molar-refractivity contribution in [2.75, 3.05) is 0 Å². The van der Waals surface area contributed by atoms with E-state index < -0.39 is 17.5 Å². The summed E-state index contributed by atoms with van der Waals surface area (Å²) in [6.45, 7) is -3.00. The molecule has 2 aromatic carbocycles. The van der Waals surface area contributed by atoms with Crippen molar-refractivity contribution in [3.05, 3.63) is 64.2 Å². The van der Waals surface area contributed by atoms with Crippen LogP contribution in [-0.4, -0.2) is 17.5 Å². The lowest BCUT2D eigenvalue weighted by atomic mass is 10.2. The van der Waals surface area contributed by atoms with Crippen LogP contribution in [0.4, 0.5) is 14.5 Å². The lowest BCUT2D eigenvalue weighted by Gasteiger charge is -2.07. The van der Waals surface area contributed by atoms with E-state index in [2.05, 4.69) is 4.74 Å². The van der Waals surface area contributed by atoms with Crippen molar-refractivity contribution in [2.24, 2.45) is 0 Å². The van der Waals surface area contributed by atoms with Gasteiger partial charge in [0, 0.05) is 12.1 Å². The van der Waals surface area contributed by atoms with Crippen molar-refractivity contribution in [2.45, 2.75) is 6.61 Å². The Labute approximate surface area is 123 Å². The molecule has 0 aliphatic carbocycles. The minimum Gasteiger partial charge on any atom is -0.435 e. The van der Waals surface area contributed by atoms with Gasteiger partial charge in [0.1, 0.15) is 11.5 Å². The van der Waals surface area contributed by atoms with Gasteiger partial charge in [-0.25, -0.2) is 4.79 Å². The van der Waals surface area contributed by atoms with Gasteiger partial charge in [-0.2, -0.15) is 8.78 Å². The minimum atomic E-state index is -3.00. The summed E-state index contributed by atoms with van der Waals surface area (Å²) in [6.07, 6.45) is 0. The molecule has 0 aliphatic rings. The molecule has 22 heavy (non-hydrogen) atoms. The number of hydrogen-bond acceptors (Lipinski definition) is 5. The molecule has 0 N–H and O–H groups in total. The molecule has 0 aliphatic heterocycles. The number of carbonyl (C=O) groups is 1. The van der Waals surface area contributed by atoms with Crippen LogP contribution in [0.25, 0.3) is 0 Å². The van der Waals surface area contributed by atoms with Crippen LogP contribution in [0.5, 0.6) is 11.5 Å². The lowest BCUT2D eigenvalue weighted by Crippen LogP contribution is -2.09. The number of hydrogen-bond donors (Lipinski definition) is 0. The van der Waals surface area contributed by atoms with Crippen molar-refractivity contribution < 1.29 is 28.0 Å². The second kappa shape index (κ2) is 6.61. The van der Waals surface area contributed by atoms with Crippen molar-refractivity contribution in [3.8, 4) is 11.5 Å². The third-order valence-corrected chi connectivity index (χ3v) is 2.55. The molecule has 6 nitrogen and oxygen atoms in total. The molecule has 0 radical (unpaired) electrons. The van der Waals surface area contributed by atoms with E-state index in [0.717, 1.165) is 6.07 Å². The summed E-state index contributed by atoms with van der Waals surface area (Å²) in [4.78, 5) is 21.8. The number of nitro benzene ring substituents is 1. The van der Waals surface area contributed by atoms with Gasteiger partial charge in [0.15, 0.2) is 0 Å². The molecule has 0 saturated carbocycles. The first-order chi connectivity index (χ1) is 10.5. The number of non-ortho nitro benzene ring substituents is 1. The zero-order valence-electron chi connectivity index (χ0n) is 10.9. The first-order valence-corrected chi connectivity index (χ1v) is 5.97. The van der Waals surface area contributed by atoms with Crippen LogP contribution in [0, 0.1) is 10.1 Å². The maximum atomic E-state index is 12.1. The topological polar surface area (TPSA) is 78.7 Å². The monoisotopic (exact) mass is 309 g/mol. The van der Waals surface area contributed by atoms with Gasteiger partial charge < -0.3 is 9.47 Å². The summed E-state index contributed by atoms with van der Waals surface area (Å²) in [7, 11) is 0. The Balaban J connectivity index is 2.10. The summed E-state index contributed by atoms with van der Waals surface area (Å²) < 4.78 is 33.4. The van der Waals surface area contributed by atoms with Gasteiger partial charge in [0.05, 0.1) is 10.5 Å². The van der Waals surface area contributed by atoms with Crippen LogP contribution in [-0.2, 0) is 0 Å². The molecule has 0 aromatic heterocycles. The second-order valence-corrected chi connectivity index (χ2v) is 4.05. The quantitative estimate of drug-likeness (QED) is 0.366. The van der Waals surface area contributed by atoms with Crippen LogP contribution in [0.15, 0.2) is 48.5 Å². The van der Waals surface area contributed by atoms with Crippen molar-refractivity contribution in [1.29, 1.82) is 0 Å². The highest BCUT2D eigenvalue weighted by Crippen LogP contribution is 2.20. The molecule has 8 heteroatoms. The number of ether oxygens (including phenoxy) is 2. The molecule has 0 spiro atoms. The average Bonchev–Trinajstić information content (AvgIpc) is 2.47. The molecule has 2 rings (SSSR count). The van der Waals surface area contributed by atoms with E-state index >= 15 is 0 Å². The van der Waals surface area contributed by atoms with Crippen LogP contribution in [0.2, 0.25) is 0 Å².